The lowest BCUT2D eigenvalue weighted by Gasteiger charge is -2.15. The number of hydrogen-bond acceptors (Lipinski definition) is 2. The summed E-state index contributed by atoms with van der Waals surface area (Å²) in [6.45, 7) is -7.55. The molecular formula is C31H29NO. The lowest BCUT2D eigenvalue weighted by molar-refractivity contribution is 0.666. The monoisotopic (exact) mass is 441 g/mol. The van der Waals surface area contributed by atoms with Crippen LogP contribution in [0.1, 0.15) is 67.5 Å². The van der Waals surface area contributed by atoms with Gasteiger partial charge in [0.15, 0.2) is 0 Å². The highest BCUT2D eigenvalue weighted by Gasteiger charge is 2.19. The fraction of sp³-hybridized carbons (Fsp3) is 0.258. The molecule has 1 fully saturated rings. The number of aryl methyl sites for hydroxylation is 3. The molecule has 0 aliphatic heterocycles. The largest absolute Gasteiger partial charge is 0.455 e. The number of furan rings is 1. The molecule has 164 valence electrons. The molecule has 0 unspecified atom stereocenters. The van der Waals surface area contributed by atoms with Crippen LogP contribution >= 0.6 is 0 Å². The first kappa shape index (κ1) is 12.2. The van der Waals surface area contributed by atoms with Crippen LogP contribution in [0.15, 0.2) is 71.3 Å². The maximum absolute atomic E-state index is 8.93. The first-order valence-corrected chi connectivity index (χ1v) is 11.2. The first-order chi connectivity index (χ1) is 20.1. The van der Waals surface area contributed by atoms with Crippen molar-refractivity contribution in [3.05, 3.63) is 89.1 Å². The third-order valence-electron chi connectivity index (χ3n) is 6.63. The summed E-state index contributed by atoms with van der Waals surface area (Å²) in [6, 6.07) is 16.8. The molecule has 2 heterocycles. The zero-order valence-corrected chi connectivity index (χ0v) is 18.0. The van der Waals surface area contributed by atoms with Crippen LogP contribution in [-0.2, 0) is 0 Å². The average Bonchev–Trinajstić information content (AvgIpc) is 3.55. The van der Waals surface area contributed by atoms with E-state index in [2.05, 4.69) is 4.98 Å². The smallest absolute Gasteiger partial charge is 0.144 e. The Kier molecular flexibility index (Phi) is 2.91. The summed E-state index contributed by atoms with van der Waals surface area (Å²) >= 11 is 0. The van der Waals surface area contributed by atoms with Gasteiger partial charge in [-0.3, -0.25) is 4.98 Å². The second-order valence-electron chi connectivity index (χ2n) is 8.65. The first-order valence-electron chi connectivity index (χ1n) is 16.2. The zero-order chi connectivity index (χ0) is 30.9. The van der Waals surface area contributed by atoms with E-state index in [9.17, 15) is 0 Å². The van der Waals surface area contributed by atoms with Gasteiger partial charge < -0.3 is 4.42 Å². The second-order valence-corrected chi connectivity index (χ2v) is 8.65. The summed E-state index contributed by atoms with van der Waals surface area (Å²) in [5.41, 5.74) is 2.48. The van der Waals surface area contributed by atoms with Crippen LogP contribution < -0.4 is 0 Å². The van der Waals surface area contributed by atoms with Crippen LogP contribution in [0.2, 0.25) is 0 Å². The van der Waals surface area contributed by atoms with Crippen LogP contribution in [-0.4, -0.2) is 4.98 Å². The van der Waals surface area contributed by atoms with Gasteiger partial charge in [-0.05, 0) is 84.8 Å². The van der Waals surface area contributed by atoms with Crippen LogP contribution in [0.5, 0.6) is 0 Å². The highest BCUT2D eigenvalue weighted by atomic mass is 16.3. The Morgan fingerprint density at radius 1 is 0.788 bits per heavy atom. The van der Waals surface area contributed by atoms with Crippen molar-refractivity contribution in [1.29, 1.82) is 0 Å². The van der Waals surface area contributed by atoms with Gasteiger partial charge in [-0.2, -0.15) is 0 Å². The van der Waals surface area contributed by atoms with Gasteiger partial charge in [0.25, 0.3) is 0 Å². The summed E-state index contributed by atoms with van der Waals surface area (Å²) in [4.78, 5) is 4.47. The molecule has 0 radical (unpaired) electrons. The van der Waals surface area contributed by atoms with Crippen LogP contribution in [0, 0.1) is 20.6 Å². The molecule has 0 N–H and O–H groups in total. The molecule has 1 saturated carbocycles. The average molecular weight is 442 g/mol. The quantitative estimate of drug-likeness (QED) is 0.279. The normalized spacial score (nSPS) is 21.1. The molecular weight excluding hydrogens is 402 g/mol. The molecule has 5 aromatic rings. The molecule has 0 saturated heterocycles. The van der Waals surface area contributed by atoms with Crippen molar-refractivity contribution in [2.45, 2.75) is 52.1 Å². The van der Waals surface area contributed by atoms with Crippen LogP contribution in [0.4, 0.5) is 0 Å². The number of benzene rings is 3. The van der Waals surface area contributed by atoms with Gasteiger partial charge in [-0.25, -0.2) is 0 Å². The van der Waals surface area contributed by atoms with Crippen molar-refractivity contribution in [3.8, 4) is 22.4 Å². The highest BCUT2D eigenvalue weighted by Crippen LogP contribution is 2.39. The highest BCUT2D eigenvalue weighted by molar-refractivity contribution is 6.10. The lowest BCUT2D eigenvalue weighted by atomic mass is 9.90. The molecule has 1 aliphatic carbocycles. The molecule has 2 nitrogen and oxygen atoms in total. The molecule has 33 heavy (non-hydrogen) atoms. The van der Waals surface area contributed by atoms with Crippen molar-refractivity contribution in [3.63, 3.8) is 0 Å². The van der Waals surface area contributed by atoms with E-state index in [1.54, 1.807) is 48.5 Å². The van der Waals surface area contributed by atoms with Crippen molar-refractivity contribution in [2.24, 2.45) is 0 Å². The van der Waals surface area contributed by atoms with Crippen LogP contribution in [0.25, 0.3) is 44.3 Å². The number of para-hydroxylation sites is 2. The summed E-state index contributed by atoms with van der Waals surface area (Å²) in [7, 11) is 0. The maximum atomic E-state index is 8.93. The third-order valence-corrected chi connectivity index (χ3v) is 6.63. The van der Waals surface area contributed by atoms with E-state index in [0.717, 1.165) is 12.8 Å². The lowest BCUT2D eigenvalue weighted by Crippen LogP contribution is -1.96. The molecule has 2 aromatic heterocycles. The minimum Gasteiger partial charge on any atom is -0.455 e. The van der Waals surface area contributed by atoms with Gasteiger partial charge in [-0.15, -0.1) is 0 Å². The number of pyridine rings is 1. The predicted molar refractivity (Wildman–Crippen MR) is 138 cm³/mol. The number of rotatable bonds is 3. The summed E-state index contributed by atoms with van der Waals surface area (Å²) < 4.78 is 88.6. The van der Waals surface area contributed by atoms with Gasteiger partial charge >= 0.3 is 0 Å². The Labute approximate surface area is 209 Å². The molecule has 6 rings (SSSR count). The standard InChI is InChI=1S/C31H29NO/c1-19-8-6-11-25-26-12-7-13-27(31(26)33-30(19)25)29-17-28(21(3)18-32-29)24-15-14-23(16-20(24)2)22-9-4-5-10-22/h6-8,11-18,22H,4-5,9-10H2,1-3H3/i1D3,2D3,3D3,22D. The summed E-state index contributed by atoms with van der Waals surface area (Å²) in [5.74, 6) is -0.876. The van der Waals surface area contributed by atoms with E-state index in [4.69, 9.17) is 18.1 Å². The van der Waals surface area contributed by atoms with E-state index < -0.39 is 26.4 Å². The fourth-order valence-electron chi connectivity index (χ4n) is 4.94. The van der Waals surface area contributed by atoms with Gasteiger partial charge in [0, 0.05) is 36.2 Å². The van der Waals surface area contributed by atoms with E-state index in [-0.39, 0.29) is 33.4 Å². The van der Waals surface area contributed by atoms with Crippen molar-refractivity contribution < 1.29 is 18.1 Å². The van der Waals surface area contributed by atoms with Gasteiger partial charge in [0.1, 0.15) is 11.2 Å². The fourth-order valence-corrected chi connectivity index (χ4v) is 4.94. The SMILES string of the molecule is [2H]C([2H])([2H])c1cnc(-c2cccc3c2oc2c(C([2H])([2H])[2H])cccc23)cc1-c1ccc(C2([2H])CCCC2)cc1C([2H])([2H])[2H]. The minimum atomic E-state index is -2.59. The molecule has 0 bridgehead atoms. The molecule has 0 amide bonds. The number of nitrogens with zero attached hydrogens (tertiary/aromatic N) is 1. The molecule has 3 aromatic carbocycles. The van der Waals surface area contributed by atoms with Crippen molar-refractivity contribution in [1.82, 2.24) is 4.98 Å². The second kappa shape index (κ2) is 7.88. The zero-order valence-electron chi connectivity index (χ0n) is 28.0. The Morgan fingerprint density at radius 2 is 1.58 bits per heavy atom. The molecule has 1 aliphatic rings. The Bertz CT molecular complexity index is 1860. The molecule has 0 spiro atoms. The van der Waals surface area contributed by atoms with Gasteiger partial charge in [-0.1, -0.05) is 61.4 Å². The Balaban J connectivity index is 1.60. The third kappa shape index (κ3) is 3.36. The van der Waals surface area contributed by atoms with E-state index in [0.29, 0.717) is 46.0 Å². The van der Waals surface area contributed by atoms with E-state index in [1.807, 2.05) is 6.07 Å². The van der Waals surface area contributed by atoms with Crippen molar-refractivity contribution >= 4 is 21.9 Å². The topological polar surface area (TPSA) is 26.0 Å². The van der Waals surface area contributed by atoms with E-state index >= 15 is 0 Å². The van der Waals surface area contributed by atoms with Crippen molar-refractivity contribution in [2.75, 3.05) is 0 Å². The number of fused-ring (bicyclic) bond motifs is 3. The number of hydrogen-bond donors (Lipinski definition) is 0. The number of aromatic nitrogens is 1. The molecule has 0 atom stereocenters. The summed E-state index contributed by atoms with van der Waals surface area (Å²) in [6.07, 6.45) is 4.31. The predicted octanol–water partition coefficient (Wildman–Crippen LogP) is 8.90. The Morgan fingerprint density at radius 3 is 2.39 bits per heavy atom. The molecule has 2 heteroatoms. The van der Waals surface area contributed by atoms with Gasteiger partial charge in [0.05, 0.1) is 5.69 Å². The minimum absolute atomic E-state index is 0.0181. The summed E-state index contributed by atoms with van der Waals surface area (Å²) in [5, 5.41) is 1.30. The van der Waals surface area contributed by atoms with Gasteiger partial charge in [0.2, 0.25) is 0 Å². The van der Waals surface area contributed by atoms with Crippen LogP contribution in [0.3, 0.4) is 0 Å². The maximum Gasteiger partial charge on any atom is 0.144 e. The Hall–Kier alpha value is -3.39. The van der Waals surface area contributed by atoms with E-state index in [1.165, 1.54) is 12.3 Å².